The first-order valence-corrected chi connectivity index (χ1v) is 8.32. The van der Waals surface area contributed by atoms with Gasteiger partial charge < -0.3 is 10.1 Å². The number of anilines is 1. The summed E-state index contributed by atoms with van der Waals surface area (Å²) in [5.74, 6) is 1.88. The molecular weight excluding hydrogens is 270 g/mol. The summed E-state index contributed by atoms with van der Waals surface area (Å²) in [5, 5.41) is 6.81. The summed E-state index contributed by atoms with van der Waals surface area (Å²) in [6.07, 6.45) is 4.53. The highest BCUT2D eigenvalue weighted by molar-refractivity contribution is 7.16. The van der Waals surface area contributed by atoms with Crippen LogP contribution in [-0.4, -0.2) is 28.7 Å². The molecular formula is C15H21N3OS. The Morgan fingerprint density at radius 1 is 1.45 bits per heavy atom. The van der Waals surface area contributed by atoms with E-state index in [0.717, 1.165) is 47.7 Å². The normalized spacial score (nSPS) is 20.4. The first-order chi connectivity index (χ1) is 9.81. The van der Waals surface area contributed by atoms with Gasteiger partial charge in [-0.25, -0.2) is 9.97 Å². The molecule has 0 bridgehead atoms. The molecule has 1 aliphatic heterocycles. The maximum Gasteiger partial charge on any atom is 0.138 e. The number of rotatable bonds is 5. The largest absolute Gasteiger partial charge is 0.376 e. The molecule has 2 unspecified atom stereocenters. The maximum atomic E-state index is 5.83. The molecule has 3 rings (SSSR count). The van der Waals surface area contributed by atoms with Gasteiger partial charge in [-0.2, -0.15) is 0 Å². The maximum absolute atomic E-state index is 5.83. The highest BCUT2D eigenvalue weighted by Gasteiger charge is 2.25. The summed E-state index contributed by atoms with van der Waals surface area (Å²) in [7, 11) is 0. The lowest BCUT2D eigenvalue weighted by Gasteiger charge is -2.23. The fourth-order valence-electron chi connectivity index (χ4n) is 2.72. The fourth-order valence-corrected chi connectivity index (χ4v) is 3.50. The molecule has 0 radical (unpaired) electrons. The predicted molar refractivity (Wildman–Crippen MR) is 83.5 cm³/mol. The molecule has 1 N–H and O–H groups in total. The van der Waals surface area contributed by atoms with E-state index >= 15 is 0 Å². The van der Waals surface area contributed by atoms with E-state index < -0.39 is 0 Å². The SMILES string of the molecule is CCc1nc(NC(CC)C2CCCO2)c2ccsc2n1. The van der Waals surface area contributed by atoms with Crippen molar-refractivity contribution in [1.29, 1.82) is 0 Å². The van der Waals surface area contributed by atoms with Crippen LogP contribution in [0.5, 0.6) is 0 Å². The van der Waals surface area contributed by atoms with Crippen molar-refractivity contribution in [3.05, 3.63) is 17.3 Å². The second-order valence-electron chi connectivity index (χ2n) is 5.19. The number of hydrogen-bond acceptors (Lipinski definition) is 5. The van der Waals surface area contributed by atoms with Crippen molar-refractivity contribution in [3.63, 3.8) is 0 Å². The van der Waals surface area contributed by atoms with Crippen molar-refractivity contribution in [2.75, 3.05) is 11.9 Å². The van der Waals surface area contributed by atoms with Crippen molar-refractivity contribution in [3.8, 4) is 0 Å². The van der Waals surface area contributed by atoms with Crippen molar-refractivity contribution < 1.29 is 4.74 Å². The van der Waals surface area contributed by atoms with Crippen LogP contribution in [0.15, 0.2) is 11.4 Å². The standard InChI is InChI=1S/C15H21N3OS/c1-3-11(12-6-5-8-19-12)16-14-10-7-9-20-15(10)18-13(4-2)17-14/h7,9,11-12H,3-6,8H2,1-2H3,(H,16,17,18). The van der Waals surface area contributed by atoms with E-state index in [1.54, 1.807) is 11.3 Å². The van der Waals surface area contributed by atoms with Crippen LogP contribution in [0.25, 0.3) is 10.2 Å². The number of nitrogens with one attached hydrogen (secondary N) is 1. The highest BCUT2D eigenvalue weighted by Crippen LogP contribution is 2.28. The number of hydrogen-bond donors (Lipinski definition) is 1. The zero-order valence-corrected chi connectivity index (χ0v) is 12.9. The van der Waals surface area contributed by atoms with Crippen molar-refractivity contribution in [1.82, 2.24) is 9.97 Å². The molecule has 108 valence electrons. The average molecular weight is 291 g/mol. The number of aryl methyl sites for hydroxylation is 1. The Morgan fingerprint density at radius 2 is 2.35 bits per heavy atom. The quantitative estimate of drug-likeness (QED) is 0.914. The summed E-state index contributed by atoms with van der Waals surface area (Å²) in [4.78, 5) is 10.3. The number of ether oxygens (including phenoxy) is 1. The molecule has 2 aromatic heterocycles. The number of thiophene rings is 1. The molecule has 0 aliphatic carbocycles. The topological polar surface area (TPSA) is 47.0 Å². The Bertz CT molecular complexity index is 578. The average Bonchev–Trinajstić information content (AvgIpc) is 3.14. The second kappa shape index (κ2) is 6.06. The van der Waals surface area contributed by atoms with E-state index in [-0.39, 0.29) is 0 Å². The molecule has 0 spiro atoms. The van der Waals surface area contributed by atoms with Crippen LogP contribution in [0.1, 0.15) is 38.9 Å². The zero-order chi connectivity index (χ0) is 13.9. The van der Waals surface area contributed by atoms with Crippen LogP contribution in [0.3, 0.4) is 0 Å². The third-order valence-corrected chi connectivity index (χ3v) is 4.67. The number of aromatic nitrogens is 2. The lowest BCUT2D eigenvalue weighted by molar-refractivity contribution is 0.0943. The van der Waals surface area contributed by atoms with Gasteiger partial charge in [0.05, 0.1) is 17.5 Å². The Kier molecular flexibility index (Phi) is 4.17. The molecule has 3 heterocycles. The molecule has 1 saturated heterocycles. The second-order valence-corrected chi connectivity index (χ2v) is 6.09. The molecule has 1 fully saturated rings. The van der Waals surface area contributed by atoms with Gasteiger partial charge in [-0.1, -0.05) is 13.8 Å². The lowest BCUT2D eigenvalue weighted by atomic mass is 10.1. The predicted octanol–water partition coefficient (Wildman–Crippen LogP) is 3.62. The van der Waals surface area contributed by atoms with Crippen LogP contribution in [0, 0.1) is 0 Å². The zero-order valence-electron chi connectivity index (χ0n) is 12.1. The van der Waals surface area contributed by atoms with Gasteiger partial charge in [-0.15, -0.1) is 11.3 Å². The molecule has 2 aromatic rings. The molecule has 1 aliphatic rings. The third kappa shape index (κ3) is 2.65. The van der Waals surface area contributed by atoms with Gasteiger partial charge in [-0.3, -0.25) is 0 Å². The summed E-state index contributed by atoms with van der Waals surface area (Å²) >= 11 is 1.68. The Balaban J connectivity index is 1.89. The van der Waals surface area contributed by atoms with Crippen LogP contribution >= 0.6 is 11.3 Å². The monoisotopic (exact) mass is 291 g/mol. The Labute approximate surface area is 123 Å². The van der Waals surface area contributed by atoms with Gasteiger partial charge in [-0.05, 0) is 30.7 Å². The van der Waals surface area contributed by atoms with Crippen molar-refractivity contribution in [2.45, 2.75) is 51.7 Å². The number of nitrogens with zero attached hydrogens (tertiary/aromatic N) is 2. The van der Waals surface area contributed by atoms with Crippen LogP contribution in [0.2, 0.25) is 0 Å². The molecule has 4 nitrogen and oxygen atoms in total. The Hall–Kier alpha value is -1.20. The molecule has 2 atom stereocenters. The van der Waals surface area contributed by atoms with E-state index in [1.807, 2.05) is 0 Å². The third-order valence-electron chi connectivity index (χ3n) is 3.86. The molecule has 0 saturated carbocycles. The molecule has 0 aromatic carbocycles. The molecule has 20 heavy (non-hydrogen) atoms. The highest BCUT2D eigenvalue weighted by atomic mass is 32.1. The lowest BCUT2D eigenvalue weighted by Crippen LogP contribution is -2.33. The minimum Gasteiger partial charge on any atom is -0.376 e. The summed E-state index contributed by atoms with van der Waals surface area (Å²) in [5.41, 5.74) is 0. The minimum absolute atomic E-state index is 0.314. The van der Waals surface area contributed by atoms with Crippen LogP contribution in [-0.2, 0) is 11.2 Å². The van der Waals surface area contributed by atoms with Crippen LogP contribution in [0.4, 0.5) is 5.82 Å². The minimum atomic E-state index is 0.314. The number of fused-ring (bicyclic) bond motifs is 1. The summed E-state index contributed by atoms with van der Waals surface area (Å²) in [6, 6.07) is 2.43. The summed E-state index contributed by atoms with van der Waals surface area (Å²) < 4.78 is 5.83. The fraction of sp³-hybridized carbons (Fsp3) is 0.600. The van der Waals surface area contributed by atoms with Gasteiger partial charge in [0.1, 0.15) is 16.5 Å². The van der Waals surface area contributed by atoms with E-state index in [2.05, 4.69) is 40.6 Å². The van der Waals surface area contributed by atoms with E-state index in [0.29, 0.717) is 12.1 Å². The van der Waals surface area contributed by atoms with Gasteiger partial charge in [0.2, 0.25) is 0 Å². The molecule has 0 amide bonds. The molecule has 5 heteroatoms. The smallest absolute Gasteiger partial charge is 0.138 e. The van der Waals surface area contributed by atoms with E-state index in [1.165, 1.54) is 6.42 Å². The van der Waals surface area contributed by atoms with Crippen molar-refractivity contribution >= 4 is 27.4 Å². The van der Waals surface area contributed by atoms with Crippen molar-refractivity contribution in [2.24, 2.45) is 0 Å². The first kappa shape index (κ1) is 13.8. The van der Waals surface area contributed by atoms with Gasteiger partial charge in [0, 0.05) is 13.0 Å². The Morgan fingerprint density at radius 3 is 3.05 bits per heavy atom. The van der Waals surface area contributed by atoms with Crippen LogP contribution < -0.4 is 5.32 Å². The van der Waals surface area contributed by atoms with Gasteiger partial charge in [0.25, 0.3) is 0 Å². The van der Waals surface area contributed by atoms with Gasteiger partial charge >= 0.3 is 0 Å². The first-order valence-electron chi connectivity index (χ1n) is 7.44. The van der Waals surface area contributed by atoms with E-state index in [9.17, 15) is 0 Å². The van der Waals surface area contributed by atoms with E-state index in [4.69, 9.17) is 4.74 Å². The van der Waals surface area contributed by atoms with Gasteiger partial charge in [0.15, 0.2) is 0 Å². The summed E-state index contributed by atoms with van der Waals surface area (Å²) in [6.45, 7) is 5.18.